The van der Waals surface area contributed by atoms with E-state index >= 15 is 0 Å². The topological polar surface area (TPSA) is 35.2 Å². The van der Waals surface area contributed by atoms with E-state index in [4.69, 9.17) is 10.5 Å². The third-order valence-electron chi connectivity index (χ3n) is 2.01. The predicted octanol–water partition coefficient (Wildman–Crippen LogP) is 2.17. The minimum Gasteiger partial charge on any atom is -0.377 e. The van der Waals surface area contributed by atoms with Crippen molar-refractivity contribution in [1.29, 1.82) is 0 Å². The highest BCUT2D eigenvalue weighted by Gasteiger charge is 1.96. The first kappa shape index (κ1) is 12.8. The van der Waals surface area contributed by atoms with Gasteiger partial charge in [0.25, 0.3) is 0 Å². The van der Waals surface area contributed by atoms with Crippen LogP contribution in [0.4, 0.5) is 0 Å². The van der Waals surface area contributed by atoms with Crippen molar-refractivity contribution in [3.8, 4) is 11.8 Å². The van der Waals surface area contributed by atoms with Gasteiger partial charge in [0.05, 0.1) is 13.2 Å². The van der Waals surface area contributed by atoms with Gasteiger partial charge in [-0.05, 0) is 23.6 Å². The number of ether oxygens (including phenoxy) is 1. The third kappa shape index (κ3) is 4.97. The maximum absolute atomic E-state index is 5.55. The van der Waals surface area contributed by atoms with Crippen molar-refractivity contribution >= 4 is 0 Å². The Morgan fingerprint density at radius 3 is 2.50 bits per heavy atom. The lowest BCUT2D eigenvalue weighted by atomic mass is 10.1. The summed E-state index contributed by atoms with van der Waals surface area (Å²) in [7, 11) is 0. The van der Waals surface area contributed by atoms with E-state index in [1.807, 2.05) is 24.3 Å². The van der Waals surface area contributed by atoms with Gasteiger partial charge in [-0.15, -0.1) is 0 Å². The first-order valence-corrected chi connectivity index (χ1v) is 5.58. The van der Waals surface area contributed by atoms with Crippen LogP contribution in [0.2, 0.25) is 0 Å². The molecule has 86 valence electrons. The van der Waals surface area contributed by atoms with E-state index in [2.05, 4.69) is 25.7 Å². The minimum absolute atomic E-state index is 0.402. The fourth-order valence-electron chi connectivity index (χ4n) is 1.25. The van der Waals surface area contributed by atoms with E-state index < -0.39 is 0 Å². The van der Waals surface area contributed by atoms with Crippen LogP contribution in [-0.2, 0) is 11.3 Å². The second-order valence-corrected chi connectivity index (χ2v) is 4.11. The van der Waals surface area contributed by atoms with Crippen LogP contribution in [0.25, 0.3) is 0 Å². The number of hydrogen-bond acceptors (Lipinski definition) is 2. The normalized spacial score (nSPS) is 10.0. The van der Waals surface area contributed by atoms with Crippen molar-refractivity contribution in [3.05, 3.63) is 35.4 Å². The molecule has 1 aromatic rings. The largest absolute Gasteiger partial charge is 0.377 e. The van der Waals surface area contributed by atoms with E-state index in [0.717, 1.165) is 12.2 Å². The fourth-order valence-corrected chi connectivity index (χ4v) is 1.25. The van der Waals surface area contributed by atoms with Crippen LogP contribution >= 0.6 is 0 Å². The molecule has 1 aromatic carbocycles. The first-order valence-electron chi connectivity index (χ1n) is 5.58. The van der Waals surface area contributed by atoms with Crippen molar-refractivity contribution in [3.63, 3.8) is 0 Å². The number of nitrogens with two attached hydrogens (primary N) is 1. The van der Waals surface area contributed by atoms with Gasteiger partial charge in [0.2, 0.25) is 0 Å². The molecule has 2 N–H and O–H groups in total. The van der Waals surface area contributed by atoms with Crippen molar-refractivity contribution in [2.45, 2.75) is 20.5 Å². The van der Waals surface area contributed by atoms with Gasteiger partial charge < -0.3 is 10.5 Å². The maximum atomic E-state index is 5.55. The molecule has 16 heavy (non-hydrogen) atoms. The molecule has 0 saturated heterocycles. The monoisotopic (exact) mass is 217 g/mol. The van der Waals surface area contributed by atoms with E-state index in [-0.39, 0.29) is 0 Å². The van der Waals surface area contributed by atoms with Gasteiger partial charge in [0.15, 0.2) is 0 Å². The Morgan fingerprint density at radius 2 is 1.94 bits per heavy atom. The van der Waals surface area contributed by atoms with Crippen molar-refractivity contribution in [1.82, 2.24) is 0 Å². The SMILES string of the molecule is CC(C)COCc1ccc(C#CCN)cc1. The Kier molecular flexibility index (Phi) is 5.63. The van der Waals surface area contributed by atoms with Gasteiger partial charge >= 0.3 is 0 Å². The summed E-state index contributed by atoms with van der Waals surface area (Å²) in [4.78, 5) is 0. The van der Waals surface area contributed by atoms with Crippen LogP contribution in [0.3, 0.4) is 0 Å². The number of rotatable bonds is 4. The van der Waals surface area contributed by atoms with Gasteiger partial charge in [-0.2, -0.15) is 0 Å². The van der Waals surface area contributed by atoms with Crippen LogP contribution < -0.4 is 5.73 Å². The quantitative estimate of drug-likeness (QED) is 0.784. The molecule has 0 spiro atoms. The fraction of sp³-hybridized carbons (Fsp3) is 0.429. The summed E-state index contributed by atoms with van der Waals surface area (Å²) >= 11 is 0. The molecule has 0 unspecified atom stereocenters. The zero-order valence-corrected chi connectivity index (χ0v) is 9.99. The number of benzene rings is 1. The van der Waals surface area contributed by atoms with E-state index in [1.54, 1.807) is 0 Å². The Balaban J connectivity index is 2.45. The van der Waals surface area contributed by atoms with Gasteiger partial charge in [-0.1, -0.05) is 37.8 Å². The minimum atomic E-state index is 0.402. The van der Waals surface area contributed by atoms with Crippen LogP contribution in [-0.4, -0.2) is 13.2 Å². The van der Waals surface area contributed by atoms with Gasteiger partial charge in [0.1, 0.15) is 0 Å². The zero-order valence-electron chi connectivity index (χ0n) is 9.99. The molecule has 2 nitrogen and oxygen atoms in total. The molecule has 0 heterocycles. The highest BCUT2D eigenvalue weighted by atomic mass is 16.5. The molecule has 1 rings (SSSR count). The summed E-state index contributed by atoms with van der Waals surface area (Å²) in [6.45, 7) is 6.16. The summed E-state index contributed by atoms with van der Waals surface area (Å²) in [5.74, 6) is 6.40. The molecule has 0 fully saturated rings. The smallest absolute Gasteiger partial charge is 0.0717 e. The summed E-state index contributed by atoms with van der Waals surface area (Å²) in [5.41, 5.74) is 7.48. The Morgan fingerprint density at radius 1 is 1.25 bits per heavy atom. The highest BCUT2D eigenvalue weighted by Crippen LogP contribution is 2.05. The zero-order chi connectivity index (χ0) is 11.8. The summed E-state index contributed by atoms with van der Waals surface area (Å²) in [6, 6.07) is 8.08. The second-order valence-electron chi connectivity index (χ2n) is 4.11. The van der Waals surface area contributed by atoms with Crippen molar-refractivity contribution < 1.29 is 4.74 Å². The molecule has 0 atom stereocenters. The Hall–Kier alpha value is -1.30. The molecule has 2 heteroatoms. The van der Waals surface area contributed by atoms with Crippen LogP contribution in [0, 0.1) is 17.8 Å². The molecular weight excluding hydrogens is 198 g/mol. The first-order chi connectivity index (χ1) is 7.72. The summed E-state index contributed by atoms with van der Waals surface area (Å²) in [5, 5.41) is 0. The van der Waals surface area contributed by atoms with E-state index in [0.29, 0.717) is 19.1 Å². The Labute approximate surface area is 97.8 Å². The molecule has 0 amide bonds. The lowest BCUT2D eigenvalue weighted by Gasteiger charge is -2.06. The second kappa shape index (κ2) is 7.05. The average molecular weight is 217 g/mol. The Bertz CT molecular complexity index is 357. The standard InChI is InChI=1S/C14H19NO/c1-12(2)10-16-11-14-7-5-13(6-8-14)4-3-9-15/h5-8,12H,9-11,15H2,1-2H3. The summed E-state index contributed by atoms with van der Waals surface area (Å²) < 4.78 is 5.55. The molecule has 0 aliphatic carbocycles. The summed E-state index contributed by atoms with van der Waals surface area (Å²) in [6.07, 6.45) is 0. The predicted molar refractivity (Wildman–Crippen MR) is 66.9 cm³/mol. The van der Waals surface area contributed by atoms with Gasteiger partial charge in [0, 0.05) is 12.2 Å². The van der Waals surface area contributed by atoms with Gasteiger partial charge in [-0.3, -0.25) is 0 Å². The molecule has 0 radical (unpaired) electrons. The highest BCUT2D eigenvalue weighted by molar-refractivity contribution is 5.36. The molecule has 0 aromatic heterocycles. The molecule has 0 bridgehead atoms. The number of hydrogen-bond donors (Lipinski definition) is 1. The van der Waals surface area contributed by atoms with Crippen LogP contribution in [0.5, 0.6) is 0 Å². The van der Waals surface area contributed by atoms with E-state index in [9.17, 15) is 0 Å². The molecular formula is C14H19NO. The lowest BCUT2D eigenvalue weighted by Crippen LogP contribution is -2.01. The molecule has 0 aliphatic heterocycles. The van der Waals surface area contributed by atoms with Crippen molar-refractivity contribution in [2.75, 3.05) is 13.2 Å². The lowest BCUT2D eigenvalue weighted by molar-refractivity contribution is 0.0971. The van der Waals surface area contributed by atoms with E-state index in [1.165, 1.54) is 5.56 Å². The van der Waals surface area contributed by atoms with Crippen LogP contribution in [0.15, 0.2) is 24.3 Å². The van der Waals surface area contributed by atoms with Crippen molar-refractivity contribution in [2.24, 2.45) is 11.7 Å². The third-order valence-corrected chi connectivity index (χ3v) is 2.01. The molecule has 0 aliphatic rings. The average Bonchev–Trinajstić information content (AvgIpc) is 2.27. The molecule has 0 saturated carbocycles. The van der Waals surface area contributed by atoms with Crippen LogP contribution in [0.1, 0.15) is 25.0 Å². The maximum Gasteiger partial charge on any atom is 0.0717 e. The van der Waals surface area contributed by atoms with Gasteiger partial charge in [-0.25, -0.2) is 0 Å².